The zero-order chi connectivity index (χ0) is 15.0. The Bertz CT molecular complexity index is 717. The van der Waals surface area contributed by atoms with Gasteiger partial charge in [-0.05, 0) is 25.8 Å². The molecule has 0 bridgehead atoms. The Morgan fingerprint density at radius 3 is 2.71 bits per heavy atom. The second kappa shape index (κ2) is 4.80. The average Bonchev–Trinajstić information content (AvgIpc) is 3.05. The van der Waals surface area contributed by atoms with Crippen molar-refractivity contribution < 1.29 is 9.59 Å². The number of carbonyl (C=O) groups is 2. The zero-order valence-corrected chi connectivity index (χ0v) is 11.7. The number of hydrogen-bond donors (Lipinski definition) is 2. The van der Waals surface area contributed by atoms with Crippen molar-refractivity contribution in [1.82, 2.24) is 24.9 Å². The van der Waals surface area contributed by atoms with Gasteiger partial charge in [-0.1, -0.05) is 12.8 Å². The SMILES string of the molecule is Cc1ccn2c(C(=O)NC3(C(N)=O)CCCC3)nnc2n1. The third-order valence-electron chi connectivity index (χ3n) is 3.90. The molecule has 0 radical (unpaired) electrons. The maximum absolute atomic E-state index is 12.4. The lowest BCUT2D eigenvalue weighted by molar-refractivity contribution is -0.123. The van der Waals surface area contributed by atoms with Crippen LogP contribution in [0.4, 0.5) is 0 Å². The number of nitrogens with zero attached hydrogens (tertiary/aromatic N) is 4. The standard InChI is InChI=1S/C13H16N6O2/c1-8-4-7-19-9(17-18-12(19)15-8)10(20)16-13(11(14)21)5-2-3-6-13/h4,7H,2-3,5-6H2,1H3,(H2,14,21)(H,16,20). The monoisotopic (exact) mass is 288 g/mol. The summed E-state index contributed by atoms with van der Waals surface area (Å²) in [6.45, 7) is 1.83. The quantitative estimate of drug-likeness (QED) is 0.822. The van der Waals surface area contributed by atoms with E-state index in [0.29, 0.717) is 18.6 Å². The highest BCUT2D eigenvalue weighted by atomic mass is 16.2. The predicted octanol–water partition coefficient (Wildman–Crippen LogP) is -0.0394. The van der Waals surface area contributed by atoms with Crippen LogP contribution >= 0.6 is 0 Å². The summed E-state index contributed by atoms with van der Waals surface area (Å²) in [5.41, 5.74) is 5.27. The number of hydrogen-bond acceptors (Lipinski definition) is 5. The molecular weight excluding hydrogens is 272 g/mol. The van der Waals surface area contributed by atoms with Gasteiger partial charge in [-0.2, -0.15) is 0 Å². The number of nitrogens with two attached hydrogens (primary N) is 1. The lowest BCUT2D eigenvalue weighted by atomic mass is 9.96. The van der Waals surface area contributed by atoms with Crippen molar-refractivity contribution in [2.24, 2.45) is 5.73 Å². The van der Waals surface area contributed by atoms with Gasteiger partial charge in [-0.25, -0.2) is 4.98 Å². The zero-order valence-electron chi connectivity index (χ0n) is 11.7. The fourth-order valence-electron chi connectivity index (χ4n) is 2.71. The largest absolute Gasteiger partial charge is 0.368 e. The summed E-state index contributed by atoms with van der Waals surface area (Å²) in [6.07, 6.45) is 4.53. The van der Waals surface area contributed by atoms with Gasteiger partial charge in [-0.3, -0.25) is 14.0 Å². The summed E-state index contributed by atoms with van der Waals surface area (Å²) in [7, 11) is 0. The van der Waals surface area contributed by atoms with Gasteiger partial charge in [-0.15, -0.1) is 10.2 Å². The van der Waals surface area contributed by atoms with Crippen molar-refractivity contribution in [2.75, 3.05) is 0 Å². The summed E-state index contributed by atoms with van der Waals surface area (Å²) in [4.78, 5) is 28.3. The average molecular weight is 288 g/mol. The van der Waals surface area contributed by atoms with Crippen LogP contribution in [0.5, 0.6) is 0 Å². The van der Waals surface area contributed by atoms with Gasteiger partial charge in [0.25, 0.3) is 11.7 Å². The molecule has 110 valence electrons. The van der Waals surface area contributed by atoms with Crippen molar-refractivity contribution in [3.05, 3.63) is 23.8 Å². The highest BCUT2D eigenvalue weighted by Crippen LogP contribution is 2.29. The van der Waals surface area contributed by atoms with Crippen LogP contribution in [0.25, 0.3) is 5.78 Å². The van der Waals surface area contributed by atoms with Crippen LogP contribution in [0.3, 0.4) is 0 Å². The van der Waals surface area contributed by atoms with Gasteiger partial charge in [0.1, 0.15) is 5.54 Å². The normalized spacial score (nSPS) is 17.0. The summed E-state index contributed by atoms with van der Waals surface area (Å²) >= 11 is 0. The molecule has 0 spiro atoms. The van der Waals surface area contributed by atoms with E-state index in [4.69, 9.17) is 5.73 Å². The van der Waals surface area contributed by atoms with E-state index in [0.717, 1.165) is 18.5 Å². The lowest BCUT2D eigenvalue weighted by Crippen LogP contribution is -2.55. The second-order valence-electron chi connectivity index (χ2n) is 5.37. The van der Waals surface area contributed by atoms with Crippen molar-refractivity contribution in [1.29, 1.82) is 0 Å². The maximum Gasteiger partial charge on any atom is 0.290 e. The van der Waals surface area contributed by atoms with Gasteiger partial charge < -0.3 is 11.1 Å². The first-order valence-corrected chi connectivity index (χ1v) is 6.83. The Kier molecular flexibility index (Phi) is 3.08. The van der Waals surface area contributed by atoms with Crippen molar-refractivity contribution in [3.63, 3.8) is 0 Å². The second-order valence-corrected chi connectivity index (χ2v) is 5.37. The summed E-state index contributed by atoms with van der Waals surface area (Å²) in [5.74, 6) is -0.519. The van der Waals surface area contributed by atoms with Crippen LogP contribution in [-0.4, -0.2) is 36.9 Å². The molecule has 2 aromatic heterocycles. The molecule has 2 aromatic rings. The first-order valence-electron chi connectivity index (χ1n) is 6.83. The Balaban J connectivity index is 1.92. The molecule has 1 aliphatic rings. The van der Waals surface area contributed by atoms with Crippen LogP contribution < -0.4 is 11.1 Å². The fourth-order valence-corrected chi connectivity index (χ4v) is 2.71. The molecule has 1 aliphatic carbocycles. The van der Waals surface area contributed by atoms with E-state index in [-0.39, 0.29) is 5.82 Å². The van der Waals surface area contributed by atoms with Crippen LogP contribution in [-0.2, 0) is 4.79 Å². The highest BCUT2D eigenvalue weighted by molar-refractivity contribution is 5.97. The number of carbonyl (C=O) groups excluding carboxylic acids is 2. The minimum Gasteiger partial charge on any atom is -0.368 e. The number of aromatic nitrogens is 4. The van der Waals surface area contributed by atoms with Crippen molar-refractivity contribution >= 4 is 17.6 Å². The number of aryl methyl sites for hydroxylation is 1. The van der Waals surface area contributed by atoms with E-state index in [1.165, 1.54) is 4.40 Å². The summed E-state index contributed by atoms with van der Waals surface area (Å²) in [6, 6.07) is 1.76. The minimum absolute atomic E-state index is 0.102. The van der Waals surface area contributed by atoms with Gasteiger partial charge >= 0.3 is 0 Å². The molecule has 8 heteroatoms. The molecule has 2 amide bonds. The van der Waals surface area contributed by atoms with Crippen molar-refractivity contribution in [3.8, 4) is 0 Å². The van der Waals surface area contributed by atoms with E-state index in [2.05, 4.69) is 20.5 Å². The molecular formula is C13H16N6O2. The Hall–Kier alpha value is -2.51. The third-order valence-corrected chi connectivity index (χ3v) is 3.90. The number of amides is 2. The molecule has 8 nitrogen and oxygen atoms in total. The van der Waals surface area contributed by atoms with Gasteiger partial charge in [0.05, 0.1) is 0 Å². The molecule has 0 unspecified atom stereocenters. The smallest absolute Gasteiger partial charge is 0.290 e. The van der Waals surface area contributed by atoms with E-state index < -0.39 is 17.4 Å². The fraction of sp³-hybridized carbons (Fsp3) is 0.462. The van der Waals surface area contributed by atoms with Crippen molar-refractivity contribution in [2.45, 2.75) is 38.1 Å². The van der Waals surface area contributed by atoms with E-state index in [9.17, 15) is 9.59 Å². The van der Waals surface area contributed by atoms with E-state index >= 15 is 0 Å². The highest BCUT2D eigenvalue weighted by Gasteiger charge is 2.41. The topological polar surface area (TPSA) is 115 Å². The molecule has 1 saturated carbocycles. The number of nitrogens with one attached hydrogen (secondary N) is 1. The van der Waals surface area contributed by atoms with Gasteiger partial charge in [0.15, 0.2) is 0 Å². The van der Waals surface area contributed by atoms with Gasteiger partial charge in [0, 0.05) is 11.9 Å². The molecule has 0 aliphatic heterocycles. The molecule has 0 atom stereocenters. The summed E-state index contributed by atoms with van der Waals surface area (Å²) < 4.78 is 1.49. The Morgan fingerprint density at radius 1 is 1.33 bits per heavy atom. The van der Waals surface area contributed by atoms with Crippen LogP contribution in [0, 0.1) is 6.92 Å². The molecule has 3 N–H and O–H groups in total. The Morgan fingerprint density at radius 2 is 2.05 bits per heavy atom. The molecule has 21 heavy (non-hydrogen) atoms. The Labute approximate surface area is 120 Å². The van der Waals surface area contributed by atoms with E-state index in [1.807, 2.05) is 6.92 Å². The summed E-state index contributed by atoms with van der Waals surface area (Å²) in [5, 5.41) is 10.5. The maximum atomic E-state index is 12.4. The van der Waals surface area contributed by atoms with Gasteiger partial charge in [0.2, 0.25) is 11.7 Å². The minimum atomic E-state index is -0.971. The first kappa shape index (κ1) is 13.5. The van der Waals surface area contributed by atoms with Crippen LogP contribution in [0.15, 0.2) is 12.3 Å². The van der Waals surface area contributed by atoms with Crippen LogP contribution in [0.1, 0.15) is 42.0 Å². The molecule has 0 saturated heterocycles. The molecule has 2 heterocycles. The predicted molar refractivity (Wildman–Crippen MR) is 73.4 cm³/mol. The number of fused-ring (bicyclic) bond motifs is 1. The van der Waals surface area contributed by atoms with Crippen LogP contribution in [0.2, 0.25) is 0 Å². The van der Waals surface area contributed by atoms with E-state index in [1.54, 1.807) is 12.3 Å². The lowest BCUT2D eigenvalue weighted by Gasteiger charge is -2.25. The molecule has 3 rings (SSSR count). The number of rotatable bonds is 3. The molecule has 0 aromatic carbocycles. The molecule has 1 fully saturated rings. The first-order chi connectivity index (χ1) is 10.0. The third kappa shape index (κ3) is 2.22. The number of primary amides is 1.